The first-order valence-electron chi connectivity index (χ1n) is 9.08. The number of hydrogen-bond donors (Lipinski definition) is 6. The topological polar surface area (TPSA) is 187 Å². The van der Waals surface area contributed by atoms with E-state index in [9.17, 15) is 19.2 Å². The van der Waals surface area contributed by atoms with Gasteiger partial charge in [-0.05, 0) is 12.0 Å². The summed E-state index contributed by atoms with van der Waals surface area (Å²) in [5.74, 6) is -4.35. The summed E-state index contributed by atoms with van der Waals surface area (Å²) in [5, 5.41) is 22.6. The van der Waals surface area contributed by atoms with Crippen LogP contribution in [0.15, 0.2) is 42.9 Å². The highest BCUT2D eigenvalue weighted by Gasteiger charge is 2.29. The summed E-state index contributed by atoms with van der Waals surface area (Å²) in [5.41, 5.74) is 7.30. The Morgan fingerprint density at radius 1 is 1.00 bits per heavy atom. The number of aliphatic carboxylic acids is 2. The van der Waals surface area contributed by atoms with Gasteiger partial charge in [-0.2, -0.15) is 0 Å². The number of aromatic amines is 1. The molecule has 7 N–H and O–H groups in total. The normalized spacial score (nSPS) is 13.6. The maximum Gasteiger partial charge on any atom is 0.326 e. The minimum atomic E-state index is -1.64. The number of rotatable bonds is 11. The van der Waals surface area contributed by atoms with Crippen LogP contribution in [-0.2, 0) is 32.0 Å². The molecule has 0 spiro atoms. The van der Waals surface area contributed by atoms with E-state index in [1.165, 1.54) is 12.5 Å². The predicted octanol–water partition coefficient (Wildman–Crippen LogP) is -0.949. The van der Waals surface area contributed by atoms with Gasteiger partial charge in [0.15, 0.2) is 0 Å². The Labute approximate surface area is 171 Å². The van der Waals surface area contributed by atoms with Crippen molar-refractivity contribution in [1.82, 2.24) is 20.6 Å². The highest BCUT2D eigenvalue weighted by Crippen LogP contribution is 2.05. The molecule has 0 saturated carbocycles. The molecule has 2 amide bonds. The van der Waals surface area contributed by atoms with Gasteiger partial charge in [0.05, 0.1) is 18.8 Å². The lowest BCUT2D eigenvalue weighted by molar-refractivity contribution is -0.147. The average Bonchev–Trinajstić information content (AvgIpc) is 3.20. The van der Waals surface area contributed by atoms with Crippen LogP contribution in [0.25, 0.3) is 0 Å². The number of carbonyl (C=O) groups is 4. The van der Waals surface area contributed by atoms with Gasteiger partial charge in [-0.1, -0.05) is 30.3 Å². The molecule has 160 valence electrons. The molecule has 3 atom stereocenters. The molecule has 0 aliphatic heterocycles. The number of carbonyl (C=O) groups excluding carboxylic acids is 2. The van der Waals surface area contributed by atoms with Crippen molar-refractivity contribution < 1.29 is 29.4 Å². The number of H-pyrrole nitrogens is 1. The second-order valence-electron chi connectivity index (χ2n) is 6.64. The van der Waals surface area contributed by atoms with Crippen molar-refractivity contribution in [2.45, 2.75) is 37.4 Å². The molecular weight excluding hydrogens is 394 g/mol. The Kier molecular flexibility index (Phi) is 8.06. The number of nitrogens with two attached hydrogens (primary N) is 1. The molecule has 3 unspecified atom stereocenters. The summed E-state index contributed by atoms with van der Waals surface area (Å²) in [6.45, 7) is 0. The molecule has 11 nitrogen and oxygen atoms in total. The Hall–Kier alpha value is -3.73. The fraction of sp³-hybridized carbons (Fsp3) is 0.316. The number of hydrogen-bond acceptors (Lipinski definition) is 6. The molecule has 0 saturated heterocycles. The predicted molar refractivity (Wildman–Crippen MR) is 104 cm³/mol. The molecule has 1 aromatic carbocycles. The lowest BCUT2D eigenvalue weighted by atomic mass is 10.0. The van der Waals surface area contributed by atoms with Crippen molar-refractivity contribution >= 4 is 23.8 Å². The summed E-state index contributed by atoms with van der Waals surface area (Å²) in [7, 11) is 0. The van der Waals surface area contributed by atoms with Gasteiger partial charge in [0, 0.05) is 18.3 Å². The first-order valence-corrected chi connectivity index (χ1v) is 9.08. The second-order valence-corrected chi connectivity index (χ2v) is 6.64. The van der Waals surface area contributed by atoms with Crippen LogP contribution < -0.4 is 16.4 Å². The first-order chi connectivity index (χ1) is 14.3. The van der Waals surface area contributed by atoms with Crippen molar-refractivity contribution in [3.63, 3.8) is 0 Å². The number of aromatic nitrogens is 2. The van der Waals surface area contributed by atoms with Gasteiger partial charge in [-0.3, -0.25) is 14.4 Å². The number of carboxylic acid groups (broad SMARTS) is 2. The van der Waals surface area contributed by atoms with E-state index in [1.807, 2.05) is 30.3 Å². The summed E-state index contributed by atoms with van der Waals surface area (Å²) in [6, 6.07) is 5.29. The van der Waals surface area contributed by atoms with Crippen LogP contribution in [-0.4, -0.2) is 62.1 Å². The van der Waals surface area contributed by atoms with Crippen molar-refractivity contribution in [3.05, 3.63) is 54.1 Å². The fourth-order valence-corrected chi connectivity index (χ4v) is 2.71. The van der Waals surface area contributed by atoms with Crippen molar-refractivity contribution in [3.8, 4) is 0 Å². The number of carboxylic acids is 2. The minimum absolute atomic E-state index is 0.0188. The number of amides is 2. The number of imidazole rings is 1. The lowest BCUT2D eigenvalue weighted by Crippen LogP contribution is -2.55. The van der Waals surface area contributed by atoms with Gasteiger partial charge in [-0.15, -0.1) is 0 Å². The highest BCUT2D eigenvalue weighted by atomic mass is 16.4. The maximum atomic E-state index is 12.6. The van der Waals surface area contributed by atoms with Crippen molar-refractivity contribution in [2.24, 2.45) is 5.73 Å². The molecule has 1 heterocycles. The molecule has 11 heteroatoms. The SMILES string of the molecule is NC(Cc1ccccc1)C(=O)NC(Cc1cnc[nH]1)C(=O)NC(CC(=O)O)C(=O)O. The Morgan fingerprint density at radius 2 is 1.67 bits per heavy atom. The maximum absolute atomic E-state index is 12.6. The molecule has 2 rings (SSSR count). The summed E-state index contributed by atoms with van der Waals surface area (Å²) >= 11 is 0. The standard InChI is InChI=1S/C19H23N5O6/c20-13(6-11-4-2-1-3-5-11)17(27)23-14(7-12-9-21-10-22-12)18(28)24-15(19(29)30)8-16(25)26/h1-5,9-10,13-15H,6-8,20H2,(H,21,22)(H,23,27)(H,24,28)(H,25,26)(H,29,30). The molecule has 30 heavy (non-hydrogen) atoms. The third-order valence-electron chi connectivity index (χ3n) is 4.24. The van der Waals surface area contributed by atoms with E-state index in [4.69, 9.17) is 15.9 Å². The van der Waals surface area contributed by atoms with Crippen LogP contribution >= 0.6 is 0 Å². The zero-order valence-corrected chi connectivity index (χ0v) is 15.9. The Morgan fingerprint density at radius 3 is 2.23 bits per heavy atom. The van der Waals surface area contributed by atoms with E-state index in [-0.39, 0.29) is 12.8 Å². The third-order valence-corrected chi connectivity index (χ3v) is 4.24. The molecule has 0 aliphatic rings. The molecule has 0 fully saturated rings. The van der Waals surface area contributed by atoms with Gasteiger partial charge in [0.25, 0.3) is 0 Å². The highest BCUT2D eigenvalue weighted by molar-refractivity contribution is 5.93. The Bertz CT molecular complexity index is 871. The van der Waals surface area contributed by atoms with Crippen LogP contribution in [0.3, 0.4) is 0 Å². The van der Waals surface area contributed by atoms with E-state index in [0.29, 0.717) is 5.69 Å². The van der Waals surface area contributed by atoms with Gasteiger partial charge >= 0.3 is 11.9 Å². The van der Waals surface area contributed by atoms with E-state index in [2.05, 4.69) is 20.6 Å². The largest absolute Gasteiger partial charge is 0.481 e. The van der Waals surface area contributed by atoms with Gasteiger partial charge < -0.3 is 31.6 Å². The number of benzene rings is 1. The van der Waals surface area contributed by atoms with Crippen LogP contribution in [0.1, 0.15) is 17.7 Å². The molecule has 2 aromatic rings. The zero-order valence-electron chi connectivity index (χ0n) is 15.9. The van der Waals surface area contributed by atoms with Crippen LogP contribution in [0, 0.1) is 0 Å². The fourth-order valence-electron chi connectivity index (χ4n) is 2.71. The number of nitrogens with one attached hydrogen (secondary N) is 3. The smallest absolute Gasteiger partial charge is 0.326 e. The van der Waals surface area contributed by atoms with E-state index >= 15 is 0 Å². The quantitative estimate of drug-likeness (QED) is 0.270. The number of nitrogens with zero attached hydrogens (tertiary/aromatic N) is 1. The molecule has 0 bridgehead atoms. The second kappa shape index (κ2) is 10.7. The van der Waals surface area contributed by atoms with E-state index < -0.39 is 48.3 Å². The van der Waals surface area contributed by atoms with Gasteiger partial charge in [0.1, 0.15) is 12.1 Å². The van der Waals surface area contributed by atoms with E-state index in [0.717, 1.165) is 5.56 Å². The molecule has 1 aromatic heterocycles. The Balaban J connectivity index is 2.09. The summed E-state index contributed by atoms with van der Waals surface area (Å²) < 4.78 is 0. The van der Waals surface area contributed by atoms with Crippen molar-refractivity contribution in [1.29, 1.82) is 0 Å². The molecule has 0 aliphatic carbocycles. The summed E-state index contributed by atoms with van der Waals surface area (Å²) in [4.78, 5) is 53.9. The van der Waals surface area contributed by atoms with Crippen LogP contribution in [0.5, 0.6) is 0 Å². The van der Waals surface area contributed by atoms with Gasteiger partial charge in [-0.25, -0.2) is 9.78 Å². The monoisotopic (exact) mass is 417 g/mol. The lowest BCUT2D eigenvalue weighted by Gasteiger charge is -2.22. The third kappa shape index (κ3) is 7.02. The van der Waals surface area contributed by atoms with Crippen molar-refractivity contribution in [2.75, 3.05) is 0 Å². The summed E-state index contributed by atoms with van der Waals surface area (Å²) in [6.07, 6.45) is 2.25. The first kappa shape index (κ1) is 22.6. The van der Waals surface area contributed by atoms with E-state index in [1.54, 1.807) is 0 Å². The molecule has 0 radical (unpaired) electrons. The van der Waals surface area contributed by atoms with Crippen LogP contribution in [0.2, 0.25) is 0 Å². The minimum Gasteiger partial charge on any atom is -0.481 e. The van der Waals surface area contributed by atoms with Crippen LogP contribution in [0.4, 0.5) is 0 Å². The zero-order chi connectivity index (χ0) is 22.1. The molecular formula is C19H23N5O6. The average molecular weight is 417 g/mol. The van der Waals surface area contributed by atoms with Gasteiger partial charge in [0.2, 0.25) is 11.8 Å².